The minimum Gasteiger partial charge on any atom is -0.361 e. The Kier molecular flexibility index (Phi) is 4.08. The zero-order valence-electron chi connectivity index (χ0n) is 14.8. The van der Waals surface area contributed by atoms with E-state index in [4.69, 9.17) is 4.52 Å². The van der Waals surface area contributed by atoms with E-state index >= 15 is 0 Å². The molecule has 0 N–H and O–H groups in total. The number of benzene rings is 1. The van der Waals surface area contributed by atoms with Crippen molar-refractivity contribution in [2.45, 2.75) is 20.4 Å². The van der Waals surface area contributed by atoms with Crippen molar-refractivity contribution in [2.75, 3.05) is 7.05 Å². The van der Waals surface area contributed by atoms with E-state index in [2.05, 4.69) is 10.3 Å². The number of carbonyl (C=O) groups is 1. The topological polar surface area (TPSA) is 64.2 Å². The molecule has 3 aromatic heterocycles. The molecule has 0 radical (unpaired) electrons. The molecular formula is C19H18N4O2S. The Bertz CT molecular complexity index is 1080. The average molecular weight is 366 g/mol. The smallest absolute Gasteiger partial charge is 0.264 e. The van der Waals surface area contributed by atoms with Crippen LogP contribution in [0.1, 0.15) is 26.8 Å². The second-order valence-electron chi connectivity index (χ2n) is 6.25. The molecule has 0 spiro atoms. The molecule has 7 heteroatoms. The fourth-order valence-electron chi connectivity index (χ4n) is 2.89. The maximum Gasteiger partial charge on any atom is 0.264 e. The molecule has 3 heterocycles. The third-order valence-electron chi connectivity index (χ3n) is 4.18. The maximum atomic E-state index is 12.8. The number of para-hydroxylation sites is 1. The van der Waals surface area contributed by atoms with Crippen molar-refractivity contribution >= 4 is 27.5 Å². The van der Waals surface area contributed by atoms with Crippen molar-refractivity contribution in [1.29, 1.82) is 0 Å². The van der Waals surface area contributed by atoms with Gasteiger partial charge in [-0.15, -0.1) is 11.3 Å². The van der Waals surface area contributed by atoms with Crippen LogP contribution in [0.15, 0.2) is 47.0 Å². The SMILES string of the molecule is Cc1cc(CN(C)C(=O)c2cc3c(C)nn(-c4ccccc4)c3s2)no1. The lowest BCUT2D eigenvalue weighted by molar-refractivity contribution is 0.0787. The fraction of sp³-hybridized carbons (Fsp3) is 0.211. The molecule has 1 aromatic carbocycles. The Hall–Kier alpha value is -2.93. The summed E-state index contributed by atoms with van der Waals surface area (Å²) in [6, 6.07) is 13.7. The van der Waals surface area contributed by atoms with Gasteiger partial charge >= 0.3 is 0 Å². The lowest BCUT2D eigenvalue weighted by Crippen LogP contribution is -2.25. The molecule has 0 unspecified atom stereocenters. The van der Waals surface area contributed by atoms with Gasteiger partial charge in [-0.1, -0.05) is 23.4 Å². The van der Waals surface area contributed by atoms with E-state index in [0.717, 1.165) is 33.1 Å². The average Bonchev–Trinajstić information content (AvgIpc) is 3.32. The Labute approximate surface area is 154 Å². The van der Waals surface area contributed by atoms with Crippen molar-refractivity contribution in [3.05, 3.63) is 64.5 Å². The van der Waals surface area contributed by atoms with Gasteiger partial charge in [-0.3, -0.25) is 4.79 Å². The highest BCUT2D eigenvalue weighted by atomic mass is 32.1. The van der Waals surface area contributed by atoms with Crippen LogP contribution in [0.3, 0.4) is 0 Å². The van der Waals surface area contributed by atoms with Crippen molar-refractivity contribution in [3.63, 3.8) is 0 Å². The Morgan fingerprint density at radius 1 is 1.23 bits per heavy atom. The van der Waals surface area contributed by atoms with Gasteiger partial charge in [0.25, 0.3) is 5.91 Å². The molecule has 0 aliphatic heterocycles. The van der Waals surface area contributed by atoms with E-state index in [1.165, 1.54) is 11.3 Å². The van der Waals surface area contributed by atoms with E-state index in [0.29, 0.717) is 11.4 Å². The number of carbonyl (C=O) groups excluding carboxylic acids is 1. The summed E-state index contributed by atoms with van der Waals surface area (Å²) in [5.41, 5.74) is 2.64. The summed E-state index contributed by atoms with van der Waals surface area (Å²) in [6.07, 6.45) is 0. The predicted molar refractivity (Wildman–Crippen MR) is 101 cm³/mol. The van der Waals surface area contributed by atoms with Gasteiger partial charge in [0.05, 0.1) is 22.8 Å². The minimum atomic E-state index is -0.0362. The van der Waals surface area contributed by atoms with Gasteiger partial charge in [-0.05, 0) is 32.0 Å². The van der Waals surface area contributed by atoms with Gasteiger partial charge in [0.15, 0.2) is 0 Å². The number of hydrogen-bond donors (Lipinski definition) is 0. The number of aromatic nitrogens is 3. The highest BCUT2D eigenvalue weighted by Crippen LogP contribution is 2.31. The lowest BCUT2D eigenvalue weighted by atomic mass is 10.3. The van der Waals surface area contributed by atoms with Gasteiger partial charge in [0, 0.05) is 18.5 Å². The first-order valence-corrected chi connectivity index (χ1v) is 9.07. The number of rotatable bonds is 4. The number of amides is 1. The fourth-order valence-corrected chi connectivity index (χ4v) is 4.07. The molecule has 6 nitrogen and oxygen atoms in total. The molecule has 4 aromatic rings. The maximum absolute atomic E-state index is 12.8. The van der Waals surface area contributed by atoms with Gasteiger partial charge in [-0.25, -0.2) is 4.68 Å². The second kappa shape index (κ2) is 6.42. The summed E-state index contributed by atoms with van der Waals surface area (Å²) in [7, 11) is 1.77. The summed E-state index contributed by atoms with van der Waals surface area (Å²) in [6.45, 7) is 4.21. The van der Waals surface area contributed by atoms with E-state index < -0.39 is 0 Å². The monoisotopic (exact) mass is 366 g/mol. The summed E-state index contributed by atoms with van der Waals surface area (Å²) in [5.74, 6) is 0.701. The highest BCUT2D eigenvalue weighted by molar-refractivity contribution is 7.20. The molecule has 0 saturated carbocycles. The molecular weight excluding hydrogens is 348 g/mol. The van der Waals surface area contributed by atoms with Gasteiger partial charge in [0.1, 0.15) is 16.3 Å². The molecule has 0 saturated heterocycles. The molecule has 0 bridgehead atoms. The van der Waals surface area contributed by atoms with Gasteiger partial charge in [0.2, 0.25) is 0 Å². The lowest BCUT2D eigenvalue weighted by Gasteiger charge is -2.14. The molecule has 0 atom stereocenters. The van der Waals surface area contributed by atoms with Crippen LogP contribution in [0.25, 0.3) is 15.9 Å². The second-order valence-corrected chi connectivity index (χ2v) is 7.28. The van der Waals surface area contributed by atoms with Crippen LogP contribution in [0.5, 0.6) is 0 Å². The summed E-state index contributed by atoms with van der Waals surface area (Å²) >= 11 is 1.46. The summed E-state index contributed by atoms with van der Waals surface area (Å²) < 4.78 is 6.97. The number of aryl methyl sites for hydroxylation is 2. The van der Waals surface area contributed by atoms with Crippen LogP contribution in [-0.2, 0) is 6.54 Å². The molecule has 0 aliphatic carbocycles. The molecule has 26 heavy (non-hydrogen) atoms. The molecule has 0 fully saturated rings. The first-order chi connectivity index (χ1) is 12.5. The van der Waals surface area contributed by atoms with Crippen LogP contribution in [0.4, 0.5) is 0 Å². The first-order valence-electron chi connectivity index (χ1n) is 8.25. The zero-order valence-corrected chi connectivity index (χ0v) is 15.6. The Balaban J connectivity index is 1.66. The molecule has 1 amide bonds. The van der Waals surface area contributed by atoms with Crippen molar-refractivity contribution in [1.82, 2.24) is 19.8 Å². The Morgan fingerprint density at radius 2 is 2.00 bits per heavy atom. The first kappa shape index (κ1) is 16.5. The van der Waals surface area contributed by atoms with Crippen molar-refractivity contribution in [3.8, 4) is 5.69 Å². The Morgan fingerprint density at radius 3 is 2.69 bits per heavy atom. The largest absolute Gasteiger partial charge is 0.361 e. The van der Waals surface area contributed by atoms with Crippen LogP contribution in [0.2, 0.25) is 0 Å². The van der Waals surface area contributed by atoms with Crippen LogP contribution < -0.4 is 0 Å². The zero-order chi connectivity index (χ0) is 18.3. The number of nitrogens with zero attached hydrogens (tertiary/aromatic N) is 4. The molecule has 4 rings (SSSR count). The normalized spacial score (nSPS) is 11.2. The quantitative estimate of drug-likeness (QED) is 0.548. The van der Waals surface area contributed by atoms with Crippen molar-refractivity contribution < 1.29 is 9.32 Å². The number of thiophene rings is 1. The van der Waals surface area contributed by atoms with Gasteiger partial charge in [-0.2, -0.15) is 5.10 Å². The highest BCUT2D eigenvalue weighted by Gasteiger charge is 2.20. The van der Waals surface area contributed by atoms with Crippen LogP contribution in [0, 0.1) is 13.8 Å². The third-order valence-corrected chi connectivity index (χ3v) is 5.28. The van der Waals surface area contributed by atoms with Gasteiger partial charge < -0.3 is 9.42 Å². The third kappa shape index (κ3) is 2.90. The van der Waals surface area contributed by atoms with Crippen molar-refractivity contribution in [2.24, 2.45) is 0 Å². The molecule has 132 valence electrons. The van der Waals surface area contributed by atoms with Crippen LogP contribution in [-0.4, -0.2) is 32.8 Å². The standard InChI is InChI=1S/C19H18N4O2S/c1-12-9-14(21-25-12)11-22(3)18(24)17-10-16-13(2)20-23(19(16)26-17)15-7-5-4-6-8-15/h4-10H,11H2,1-3H3. The molecule has 0 aliphatic rings. The summed E-state index contributed by atoms with van der Waals surface area (Å²) in [4.78, 5) is 16.1. The van der Waals surface area contributed by atoms with E-state index in [-0.39, 0.29) is 5.91 Å². The van der Waals surface area contributed by atoms with Crippen LogP contribution >= 0.6 is 11.3 Å². The minimum absolute atomic E-state index is 0.0362. The van der Waals surface area contributed by atoms with E-state index in [1.54, 1.807) is 11.9 Å². The summed E-state index contributed by atoms with van der Waals surface area (Å²) in [5, 5.41) is 9.58. The number of fused-ring (bicyclic) bond motifs is 1. The number of hydrogen-bond acceptors (Lipinski definition) is 5. The van der Waals surface area contributed by atoms with E-state index in [9.17, 15) is 4.79 Å². The predicted octanol–water partition coefficient (Wildman–Crippen LogP) is 3.96. The van der Waals surface area contributed by atoms with E-state index in [1.807, 2.05) is 61.0 Å².